The summed E-state index contributed by atoms with van der Waals surface area (Å²) in [6.07, 6.45) is 1.69. The lowest BCUT2D eigenvalue weighted by molar-refractivity contribution is 0.102. The number of nitrogens with one attached hydrogen (secondary N) is 1. The maximum Gasteiger partial charge on any atom is 0.264 e. The van der Waals surface area contributed by atoms with Gasteiger partial charge in [0.25, 0.3) is 5.95 Å². The molecule has 0 unspecified atom stereocenters. The van der Waals surface area contributed by atoms with Gasteiger partial charge in [-0.15, -0.1) is 10.2 Å². The summed E-state index contributed by atoms with van der Waals surface area (Å²) in [5.74, 6) is 6.50. The maximum absolute atomic E-state index is 12.3. The number of nitrogens with zero attached hydrogens (tertiary/aromatic N) is 5. The highest BCUT2D eigenvalue weighted by atomic mass is 79.9. The van der Waals surface area contributed by atoms with Crippen LogP contribution in [0.4, 0.5) is 11.6 Å². The van der Waals surface area contributed by atoms with Crippen LogP contribution in [0.25, 0.3) is 0 Å². The lowest BCUT2D eigenvalue weighted by Gasteiger charge is -2.20. The van der Waals surface area contributed by atoms with Gasteiger partial charge < -0.3 is 10.7 Å². The molecule has 8 nitrogen and oxygen atoms in total. The molecule has 0 saturated carbocycles. The molecule has 0 saturated heterocycles. The number of hydrogen-bond acceptors (Lipinski definition) is 8. The first kappa shape index (κ1) is 22.8. The Bertz CT molecular complexity index is 1030. The van der Waals surface area contributed by atoms with Crippen LogP contribution < -0.4 is 16.2 Å². The Morgan fingerprint density at radius 1 is 1.16 bits per heavy atom. The lowest BCUT2D eigenvalue weighted by atomic mass is 10.2. The number of hydrazone groups is 1. The average Bonchev–Trinajstić information content (AvgIpc) is 3.14. The number of aromatic nitrogens is 3. The fraction of sp³-hybridized carbons (Fsp3) is 0.238. The standard InChI is InChI=1S/C21H24BrN7OS/c1-3-28(4-2)18-11-5-15(6-12-18)13-24-25-20-26-27-21(29(20)23)31-14-19(30)16-7-9-17(22)10-8-16/h5-13H,3-4,14,23H2,1-2H3,(H,25,26)/b24-13+. The smallest absolute Gasteiger partial charge is 0.264 e. The predicted octanol–water partition coefficient (Wildman–Crippen LogP) is 4.02. The molecule has 0 spiro atoms. The predicted molar refractivity (Wildman–Crippen MR) is 131 cm³/mol. The van der Waals surface area contributed by atoms with Gasteiger partial charge in [0.1, 0.15) is 0 Å². The highest BCUT2D eigenvalue weighted by molar-refractivity contribution is 9.10. The van der Waals surface area contributed by atoms with Crippen molar-refractivity contribution in [1.82, 2.24) is 14.9 Å². The van der Waals surface area contributed by atoms with Crippen molar-refractivity contribution in [2.75, 3.05) is 35.0 Å². The number of thioether (sulfide) groups is 1. The number of nitrogen functional groups attached to an aromatic ring is 1. The summed E-state index contributed by atoms with van der Waals surface area (Å²) < 4.78 is 2.20. The molecule has 0 bridgehead atoms. The third-order valence-electron chi connectivity index (χ3n) is 4.56. The van der Waals surface area contributed by atoms with E-state index in [1.54, 1.807) is 18.3 Å². The summed E-state index contributed by atoms with van der Waals surface area (Å²) >= 11 is 4.58. The van der Waals surface area contributed by atoms with Gasteiger partial charge in [0, 0.05) is 28.8 Å². The Hall–Kier alpha value is -2.85. The topological polar surface area (TPSA) is 101 Å². The molecular formula is C21H24BrN7OS. The molecule has 3 aromatic rings. The van der Waals surface area contributed by atoms with Gasteiger partial charge in [-0.25, -0.2) is 10.1 Å². The molecule has 2 aromatic carbocycles. The minimum Gasteiger partial charge on any atom is -0.372 e. The first-order chi connectivity index (χ1) is 15.0. The molecule has 10 heteroatoms. The second-order valence-corrected chi connectivity index (χ2v) is 8.39. The molecule has 0 fully saturated rings. The molecule has 0 aliphatic rings. The van der Waals surface area contributed by atoms with Crippen molar-refractivity contribution >= 4 is 51.3 Å². The van der Waals surface area contributed by atoms with E-state index in [0.717, 1.165) is 23.1 Å². The number of halogens is 1. The van der Waals surface area contributed by atoms with E-state index in [-0.39, 0.29) is 17.5 Å². The van der Waals surface area contributed by atoms with Crippen LogP contribution in [0.5, 0.6) is 0 Å². The van der Waals surface area contributed by atoms with Crippen LogP contribution in [-0.2, 0) is 0 Å². The molecule has 1 aromatic heterocycles. The van der Waals surface area contributed by atoms with Crippen LogP contribution in [0.15, 0.2) is 63.3 Å². The van der Waals surface area contributed by atoms with Crippen LogP contribution in [0.1, 0.15) is 29.8 Å². The van der Waals surface area contributed by atoms with Gasteiger partial charge in [-0.05, 0) is 43.7 Å². The molecule has 0 aliphatic heterocycles. The van der Waals surface area contributed by atoms with Gasteiger partial charge in [-0.1, -0.05) is 52.0 Å². The van der Waals surface area contributed by atoms with E-state index in [2.05, 4.69) is 67.5 Å². The molecule has 0 amide bonds. The van der Waals surface area contributed by atoms with Crippen molar-refractivity contribution in [3.8, 4) is 0 Å². The Balaban J connectivity index is 1.55. The van der Waals surface area contributed by atoms with Crippen molar-refractivity contribution < 1.29 is 4.79 Å². The van der Waals surface area contributed by atoms with Crippen LogP contribution in [-0.4, -0.2) is 45.7 Å². The van der Waals surface area contributed by atoms with Gasteiger partial charge in [0.2, 0.25) is 5.16 Å². The summed E-state index contributed by atoms with van der Waals surface area (Å²) in [5.41, 5.74) is 5.54. The van der Waals surface area contributed by atoms with Crippen molar-refractivity contribution in [1.29, 1.82) is 0 Å². The first-order valence-electron chi connectivity index (χ1n) is 9.78. The number of Topliss-reactive ketones (excluding diaryl/α,β-unsaturated/α-hetero) is 1. The number of carbonyl (C=O) groups is 1. The number of nitrogens with two attached hydrogens (primary N) is 1. The van der Waals surface area contributed by atoms with Gasteiger partial charge >= 0.3 is 0 Å². The summed E-state index contributed by atoms with van der Waals surface area (Å²) in [6, 6.07) is 15.4. The summed E-state index contributed by atoms with van der Waals surface area (Å²) in [6.45, 7) is 6.20. The number of rotatable bonds is 10. The summed E-state index contributed by atoms with van der Waals surface area (Å²) in [4.78, 5) is 14.6. The number of benzene rings is 2. The lowest BCUT2D eigenvalue weighted by Crippen LogP contribution is -2.21. The molecular weight excluding hydrogens is 478 g/mol. The molecule has 0 radical (unpaired) electrons. The molecule has 162 valence electrons. The Labute approximate surface area is 194 Å². The Morgan fingerprint density at radius 2 is 1.84 bits per heavy atom. The van der Waals surface area contributed by atoms with E-state index in [1.807, 2.05) is 24.3 Å². The highest BCUT2D eigenvalue weighted by Crippen LogP contribution is 2.19. The van der Waals surface area contributed by atoms with E-state index in [1.165, 1.54) is 22.1 Å². The largest absolute Gasteiger partial charge is 0.372 e. The van der Waals surface area contributed by atoms with E-state index in [0.29, 0.717) is 10.7 Å². The molecule has 0 aliphatic carbocycles. The van der Waals surface area contributed by atoms with Crippen molar-refractivity contribution in [2.24, 2.45) is 5.10 Å². The zero-order valence-electron chi connectivity index (χ0n) is 17.3. The van der Waals surface area contributed by atoms with E-state index in [4.69, 9.17) is 5.84 Å². The van der Waals surface area contributed by atoms with Crippen molar-refractivity contribution in [3.05, 3.63) is 64.1 Å². The van der Waals surface area contributed by atoms with Crippen molar-refractivity contribution in [3.63, 3.8) is 0 Å². The van der Waals surface area contributed by atoms with E-state index in [9.17, 15) is 4.79 Å². The second kappa shape index (κ2) is 11.0. The van der Waals surface area contributed by atoms with Gasteiger partial charge in [0.05, 0.1) is 12.0 Å². The fourth-order valence-electron chi connectivity index (χ4n) is 2.83. The first-order valence-corrected chi connectivity index (χ1v) is 11.6. The van der Waals surface area contributed by atoms with Crippen LogP contribution >= 0.6 is 27.7 Å². The fourth-order valence-corrected chi connectivity index (χ4v) is 3.84. The molecule has 31 heavy (non-hydrogen) atoms. The van der Waals surface area contributed by atoms with Crippen LogP contribution in [0, 0.1) is 0 Å². The maximum atomic E-state index is 12.3. The summed E-state index contributed by atoms with van der Waals surface area (Å²) in [5, 5.41) is 12.6. The minimum absolute atomic E-state index is 0.0128. The van der Waals surface area contributed by atoms with Crippen LogP contribution in [0.3, 0.4) is 0 Å². The monoisotopic (exact) mass is 501 g/mol. The SMILES string of the molecule is CCN(CC)c1ccc(/C=N/Nc2nnc(SCC(=O)c3ccc(Br)cc3)n2N)cc1. The highest BCUT2D eigenvalue weighted by Gasteiger charge is 2.13. The quantitative estimate of drug-likeness (QED) is 0.142. The zero-order chi connectivity index (χ0) is 22.2. The van der Waals surface area contributed by atoms with Gasteiger partial charge in [0.15, 0.2) is 5.78 Å². The number of hydrogen-bond donors (Lipinski definition) is 2. The Kier molecular flexibility index (Phi) is 8.07. The number of ketones is 1. The van der Waals surface area contributed by atoms with E-state index < -0.39 is 0 Å². The molecule has 0 atom stereocenters. The Morgan fingerprint density at radius 3 is 2.48 bits per heavy atom. The molecule has 1 heterocycles. The van der Waals surface area contributed by atoms with E-state index >= 15 is 0 Å². The normalized spacial score (nSPS) is 11.1. The zero-order valence-corrected chi connectivity index (χ0v) is 19.7. The van der Waals surface area contributed by atoms with Gasteiger partial charge in [-0.3, -0.25) is 4.79 Å². The van der Waals surface area contributed by atoms with Crippen molar-refractivity contribution in [2.45, 2.75) is 19.0 Å². The number of carbonyl (C=O) groups excluding carboxylic acids is 1. The molecule has 3 N–H and O–H groups in total. The third-order valence-corrected chi connectivity index (χ3v) is 6.03. The average molecular weight is 502 g/mol. The second-order valence-electron chi connectivity index (χ2n) is 6.53. The minimum atomic E-state index is -0.0128. The third kappa shape index (κ3) is 6.08. The number of anilines is 2. The van der Waals surface area contributed by atoms with Gasteiger partial charge in [-0.2, -0.15) is 5.10 Å². The summed E-state index contributed by atoms with van der Waals surface area (Å²) in [7, 11) is 0. The molecule has 3 rings (SSSR count). The van der Waals surface area contributed by atoms with Crippen LogP contribution in [0.2, 0.25) is 0 Å².